The number of fused-ring (bicyclic) bond motifs is 3. The van der Waals surface area contributed by atoms with Crippen molar-refractivity contribution in [3.63, 3.8) is 0 Å². The molecule has 14 heteroatoms. The summed E-state index contributed by atoms with van der Waals surface area (Å²) in [6, 6.07) is 9.07. The van der Waals surface area contributed by atoms with E-state index < -0.39 is 52.3 Å². The number of ether oxygens (including phenoxy) is 1. The molecule has 1 aromatic heterocycles. The Kier molecular flexibility index (Phi) is 7.02. The van der Waals surface area contributed by atoms with Crippen molar-refractivity contribution < 1.29 is 44.1 Å². The van der Waals surface area contributed by atoms with E-state index in [1.54, 1.807) is 39.0 Å². The summed E-state index contributed by atoms with van der Waals surface area (Å²) in [5.74, 6) is -2.88. The Bertz CT molecular complexity index is 1710. The summed E-state index contributed by atoms with van der Waals surface area (Å²) >= 11 is 0. The molecule has 0 bridgehead atoms. The van der Waals surface area contributed by atoms with Gasteiger partial charge in [-0.25, -0.2) is 18.6 Å². The molecule has 2 fully saturated rings. The van der Waals surface area contributed by atoms with Crippen LogP contribution >= 0.6 is 0 Å². The number of carbonyl (C=O) groups excluding carboxylic acids is 1. The van der Waals surface area contributed by atoms with Crippen LogP contribution in [0.25, 0.3) is 22.4 Å². The van der Waals surface area contributed by atoms with Gasteiger partial charge in [0.2, 0.25) is 0 Å². The number of carbonyl (C=O) groups is 1. The number of rotatable bonds is 5. The van der Waals surface area contributed by atoms with Crippen LogP contribution in [-0.4, -0.2) is 53.0 Å². The second kappa shape index (κ2) is 10.2. The summed E-state index contributed by atoms with van der Waals surface area (Å²) < 4.78 is 101. The number of aromatic amines is 1. The number of H-pyrrole nitrogens is 1. The van der Waals surface area contributed by atoms with Crippen molar-refractivity contribution in [1.29, 1.82) is 0 Å². The average molecular weight is 640 g/mol. The number of nitrogens with zero attached hydrogens (tertiary/aromatic N) is 2. The van der Waals surface area contributed by atoms with Crippen LogP contribution in [0.1, 0.15) is 68.9 Å². The minimum Gasteiger partial charge on any atom is -0.444 e. The molecule has 0 spiro atoms. The third-order valence-electron chi connectivity index (χ3n) is 8.37. The third kappa shape index (κ3) is 5.52. The van der Waals surface area contributed by atoms with Crippen LogP contribution in [0.2, 0.25) is 0 Å². The minimum atomic E-state index is -5.81. The quantitative estimate of drug-likeness (QED) is 0.178. The highest BCUT2D eigenvalue weighted by Crippen LogP contribution is 2.56. The van der Waals surface area contributed by atoms with Crippen molar-refractivity contribution in [2.45, 2.75) is 75.4 Å². The molecule has 3 aliphatic rings. The topological polar surface area (TPSA) is 102 Å². The SMILES string of the molecule is CC(C)(C)OC(=O)N1CC(F)(F)C[C@H]1c1ncc(-c2ccc(-c3ccc(OS(=O)(=O)C(F)(F)F)c4c3C3CCC3C4)cc2)[nH]1. The van der Waals surface area contributed by atoms with E-state index in [1.165, 1.54) is 12.3 Å². The first-order valence-electron chi connectivity index (χ1n) is 14.1. The Morgan fingerprint density at radius 3 is 2.34 bits per heavy atom. The Labute approximate surface area is 250 Å². The molecule has 3 atom stereocenters. The lowest BCUT2D eigenvalue weighted by molar-refractivity contribution is -0.0500. The number of hydrogen-bond donors (Lipinski definition) is 1. The molecular formula is C30H30F5N3O5S. The van der Waals surface area contributed by atoms with Crippen LogP contribution in [0.5, 0.6) is 5.75 Å². The highest BCUT2D eigenvalue weighted by atomic mass is 32.2. The van der Waals surface area contributed by atoms with E-state index >= 15 is 0 Å². The number of alkyl halides is 5. The number of hydrogen-bond acceptors (Lipinski definition) is 6. The third-order valence-corrected chi connectivity index (χ3v) is 9.33. The lowest BCUT2D eigenvalue weighted by Crippen LogP contribution is -2.38. The lowest BCUT2D eigenvalue weighted by atomic mass is 9.73. The standard InChI is InChI=1S/C30H30F5N3O5S/c1-28(2,3)42-27(39)38-15-29(31,32)13-23(38)26-36-14-22(37-26)17-6-4-16(5-7-17)19-10-11-24(43-44(40,41)30(33,34)35)21-12-18-8-9-20(18)25(19)21/h4-7,10-11,14,18,20,23H,8-9,12-13,15H2,1-3H3,(H,36,37)/t18?,20?,23-/m0/s1. The summed E-state index contributed by atoms with van der Waals surface area (Å²) in [6.07, 6.45) is 2.22. The van der Waals surface area contributed by atoms with E-state index in [-0.39, 0.29) is 23.4 Å². The Morgan fingerprint density at radius 2 is 1.73 bits per heavy atom. The van der Waals surface area contributed by atoms with E-state index in [0.717, 1.165) is 34.4 Å². The summed E-state index contributed by atoms with van der Waals surface area (Å²) in [5.41, 5.74) is -2.33. The molecule has 44 heavy (non-hydrogen) atoms. The maximum Gasteiger partial charge on any atom is 0.534 e. The highest BCUT2D eigenvalue weighted by Gasteiger charge is 2.51. The van der Waals surface area contributed by atoms with Crippen molar-refractivity contribution in [2.75, 3.05) is 6.54 Å². The fraction of sp³-hybridized carbons (Fsp3) is 0.467. The van der Waals surface area contributed by atoms with Gasteiger partial charge < -0.3 is 13.9 Å². The van der Waals surface area contributed by atoms with Gasteiger partial charge in [-0.1, -0.05) is 30.3 Å². The highest BCUT2D eigenvalue weighted by molar-refractivity contribution is 7.88. The van der Waals surface area contributed by atoms with Crippen molar-refractivity contribution >= 4 is 16.2 Å². The summed E-state index contributed by atoms with van der Waals surface area (Å²) in [6.45, 7) is 4.18. The van der Waals surface area contributed by atoms with Crippen LogP contribution in [0.3, 0.4) is 0 Å². The van der Waals surface area contributed by atoms with Gasteiger partial charge in [0.1, 0.15) is 17.2 Å². The second-order valence-corrected chi connectivity index (χ2v) is 14.1. The maximum absolute atomic E-state index is 14.4. The van der Waals surface area contributed by atoms with E-state index in [4.69, 9.17) is 4.74 Å². The molecular weight excluding hydrogens is 609 g/mol. The van der Waals surface area contributed by atoms with Crippen LogP contribution in [-0.2, 0) is 21.3 Å². The Balaban J connectivity index is 1.26. The first kappa shape index (κ1) is 30.4. The van der Waals surface area contributed by atoms with E-state index in [1.807, 2.05) is 12.1 Å². The lowest BCUT2D eigenvalue weighted by Gasteiger charge is -2.31. The van der Waals surface area contributed by atoms with Crippen LogP contribution < -0.4 is 4.18 Å². The van der Waals surface area contributed by atoms with Gasteiger partial charge in [-0.05, 0) is 80.2 Å². The number of likely N-dealkylation sites (tertiary alicyclic amines) is 1. The molecule has 6 rings (SSSR count). The number of imidazole rings is 1. The molecule has 1 amide bonds. The van der Waals surface area contributed by atoms with Crippen LogP contribution in [0.4, 0.5) is 26.7 Å². The number of amides is 1. The molecule has 1 saturated carbocycles. The van der Waals surface area contributed by atoms with E-state index in [0.29, 0.717) is 23.2 Å². The van der Waals surface area contributed by atoms with Crippen LogP contribution in [0.15, 0.2) is 42.6 Å². The molecule has 2 aliphatic carbocycles. The molecule has 3 aromatic rings. The van der Waals surface area contributed by atoms with E-state index in [9.17, 15) is 35.2 Å². The largest absolute Gasteiger partial charge is 0.534 e. The van der Waals surface area contributed by atoms with Crippen molar-refractivity contribution in [2.24, 2.45) is 5.92 Å². The number of aromatic nitrogens is 2. The summed E-state index contributed by atoms with van der Waals surface area (Å²) in [7, 11) is -5.81. The predicted octanol–water partition coefficient (Wildman–Crippen LogP) is 7.34. The fourth-order valence-electron chi connectivity index (χ4n) is 6.29. The summed E-state index contributed by atoms with van der Waals surface area (Å²) in [5, 5.41) is 0. The maximum atomic E-state index is 14.4. The normalized spacial score (nSPS) is 22.7. The first-order valence-corrected chi connectivity index (χ1v) is 15.5. The zero-order chi connectivity index (χ0) is 31.8. The number of halogens is 5. The summed E-state index contributed by atoms with van der Waals surface area (Å²) in [4.78, 5) is 21.0. The van der Waals surface area contributed by atoms with Gasteiger partial charge in [0, 0.05) is 12.0 Å². The molecule has 2 heterocycles. The van der Waals surface area contributed by atoms with Gasteiger partial charge >= 0.3 is 21.7 Å². The molecule has 1 N–H and O–H groups in total. The number of nitrogens with one attached hydrogen (secondary N) is 1. The fourth-order valence-corrected chi connectivity index (χ4v) is 6.77. The van der Waals surface area contributed by atoms with Gasteiger partial charge in [0.25, 0.3) is 5.92 Å². The van der Waals surface area contributed by atoms with Crippen LogP contribution in [0, 0.1) is 5.92 Å². The first-order chi connectivity index (χ1) is 20.4. The average Bonchev–Trinajstić information content (AvgIpc) is 3.57. The predicted molar refractivity (Wildman–Crippen MR) is 149 cm³/mol. The molecule has 2 unspecified atom stereocenters. The van der Waals surface area contributed by atoms with Gasteiger partial charge in [-0.2, -0.15) is 21.6 Å². The van der Waals surface area contributed by atoms with Crippen molar-refractivity contribution in [3.05, 3.63) is 59.5 Å². The molecule has 1 saturated heterocycles. The molecule has 2 aromatic carbocycles. The molecule has 1 aliphatic heterocycles. The van der Waals surface area contributed by atoms with Gasteiger partial charge in [0.15, 0.2) is 0 Å². The van der Waals surface area contributed by atoms with Gasteiger partial charge in [-0.15, -0.1) is 0 Å². The van der Waals surface area contributed by atoms with Gasteiger partial charge in [0.05, 0.1) is 24.5 Å². The molecule has 236 valence electrons. The smallest absolute Gasteiger partial charge is 0.444 e. The van der Waals surface area contributed by atoms with E-state index in [2.05, 4.69) is 14.2 Å². The minimum absolute atomic E-state index is 0.101. The van der Waals surface area contributed by atoms with Crippen molar-refractivity contribution in [3.8, 4) is 28.1 Å². The van der Waals surface area contributed by atoms with Crippen molar-refractivity contribution in [1.82, 2.24) is 14.9 Å². The zero-order valence-electron chi connectivity index (χ0n) is 24.0. The zero-order valence-corrected chi connectivity index (χ0v) is 24.9. The number of benzene rings is 2. The Hall–Kier alpha value is -3.68. The second-order valence-electron chi connectivity index (χ2n) is 12.6. The molecule has 8 nitrogen and oxygen atoms in total. The van der Waals surface area contributed by atoms with Gasteiger partial charge in [-0.3, -0.25) is 4.90 Å². The Morgan fingerprint density at radius 1 is 1.05 bits per heavy atom. The monoisotopic (exact) mass is 639 g/mol. The molecule has 0 radical (unpaired) electrons.